The Morgan fingerprint density at radius 2 is 1.93 bits per heavy atom. The largest absolute Gasteiger partial charge is 0.338 e. The maximum Gasteiger partial charge on any atom is 0.240 e. The molecule has 1 aromatic heterocycles. The van der Waals surface area contributed by atoms with Crippen LogP contribution in [0.25, 0.3) is 0 Å². The van der Waals surface area contributed by atoms with E-state index in [1.807, 2.05) is 23.8 Å². The zero-order chi connectivity index (χ0) is 19.4. The van der Waals surface area contributed by atoms with Crippen molar-refractivity contribution in [1.29, 1.82) is 0 Å². The predicted octanol–water partition coefficient (Wildman–Crippen LogP) is 1.41. The van der Waals surface area contributed by atoms with Crippen LogP contribution >= 0.6 is 0 Å². The van der Waals surface area contributed by atoms with Crippen LogP contribution in [0, 0.1) is 0 Å². The summed E-state index contributed by atoms with van der Waals surface area (Å²) < 4.78 is 29.1. The van der Waals surface area contributed by atoms with E-state index in [1.54, 1.807) is 0 Å². The van der Waals surface area contributed by atoms with Crippen molar-refractivity contribution in [3.63, 3.8) is 0 Å². The molecule has 2 fully saturated rings. The molecule has 1 amide bonds. The molecule has 1 atom stereocenters. The van der Waals surface area contributed by atoms with E-state index in [0.717, 1.165) is 25.7 Å². The average molecular weight is 399 g/mol. The van der Waals surface area contributed by atoms with Gasteiger partial charge in [-0.25, -0.2) is 8.42 Å². The van der Waals surface area contributed by atoms with Crippen molar-refractivity contribution >= 4 is 15.7 Å². The van der Waals surface area contributed by atoms with E-state index in [1.165, 1.54) is 6.42 Å². The average Bonchev–Trinajstić information content (AvgIpc) is 3.22. The van der Waals surface area contributed by atoms with Crippen LogP contribution in [0.5, 0.6) is 0 Å². The standard InChI is InChI=1S/C18H30N4O4S/c1-3-16-19-17(26-20-16)11-21(2)12-18(23)22(14-7-5-4-6-8-14)15-9-10-27(24,25)13-15/h14-15H,3-13H2,1-2H3/t15-/m1/s1. The Balaban J connectivity index is 1.66. The fourth-order valence-corrected chi connectivity index (χ4v) is 5.87. The van der Waals surface area contributed by atoms with Gasteiger partial charge in [-0.15, -0.1) is 0 Å². The SMILES string of the molecule is CCc1noc(CN(C)CC(=O)N(C2CCCCC2)[C@@H]2CCS(=O)(=O)C2)n1. The highest BCUT2D eigenvalue weighted by molar-refractivity contribution is 7.91. The van der Waals surface area contributed by atoms with E-state index >= 15 is 0 Å². The zero-order valence-corrected chi connectivity index (χ0v) is 17.1. The number of likely N-dealkylation sites (N-methyl/N-ethyl adjacent to an activating group) is 1. The molecule has 2 heterocycles. The summed E-state index contributed by atoms with van der Waals surface area (Å²) >= 11 is 0. The third kappa shape index (κ3) is 5.28. The maximum absolute atomic E-state index is 13.1. The van der Waals surface area contributed by atoms with E-state index in [-0.39, 0.29) is 36.0 Å². The van der Waals surface area contributed by atoms with E-state index in [4.69, 9.17) is 4.52 Å². The molecule has 0 bridgehead atoms. The summed E-state index contributed by atoms with van der Waals surface area (Å²) in [6, 6.07) is -0.0258. The van der Waals surface area contributed by atoms with Gasteiger partial charge in [0.1, 0.15) is 0 Å². The van der Waals surface area contributed by atoms with Crippen molar-refractivity contribution < 1.29 is 17.7 Å². The molecule has 0 N–H and O–H groups in total. The zero-order valence-electron chi connectivity index (χ0n) is 16.3. The highest BCUT2D eigenvalue weighted by Crippen LogP contribution is 2.28. The fraction of sp³-hybridized carbons (Fsp3) is 0.833. The molecule has 1 aliphatic carbocycles. The summed E-state index contributed by atoms with van der Waals surface area (Å²) in [7, 11) is -1.19. The van der Waals surface area contributed by atoms with Gasteiger partial charge in [0, 0.05) is 18.5 Å². The van der Waals surface area contributed by atoms with Crippen molar-refractivity contribution in [1.82, 2.24) is 19.9 Å². The smallest absolute Gasteiger partial charge is 0.240 e. The summed E-state index contributed by atoms with van der Waals surface area (Å²) in [4.78, 5) is 21.2. The van der Waals surface area contributed by atoms with Crippen LogP contribution in [0.15, 0.2) is 4.52 Å². The van der Waals surface area contributed by atoms with Crippen LogP contribution in [0.4, 0.5) is 0 Å². The van der Waals surface area contributed by atoms with Gasteiger partial charge in [0.2, 0.25) is 11.8 Å². The number of aromatic nitrogens is 2. The lowest BCUT2D eigenvalue weighted by atomic mass is 9.93. The molecule has 1 saturated heterocycles. The van der Waals surface area contributed by atoms with Crippen molar-refractivity contribution in [3.8, 4) is 0 Å². The number of carbonyl (C=O) groups excluding carboxylic acids is 1. The molecule has 0 spiro atoms. The lowest BCUT2D eigenvalue weighted by Gasteiger charge is -2.39. The third-order valence-corrected chi connectivity index (χ3v) is 7.24. The van der Waals surface area contributed by atoms with Crippen molar-refractivity contribution in [2.24, 2.45) is 0 Å². The molecule has 0 radical (unpaired) electrons. The molecule has 27 heavy (non-hydrogen) atoms. The van der Waals surface area contributed by atoms with Crippen LogP contribution in [0.3, 0.4) is 0 Å². The quantitative estimate of drug-likeness (QED) is 0.685. The van der Waals surface area contributed by atoms with Gasteiger partial charge in [-0.05, 0) is 26.3 Å². The Kier molecular flexibility index (Phi) is 6.52. The monoisotopic (exact) mass is 398 g/mol. The van der Waals surface area contributed by atoms with E-state index in [2.05, 4.69) is 10.1 Å². The predicted molar refractivity (Wildman–Crippen MR) is 101 cm³/mol. The molecule has 1 saturated carbocycles. The molecule has 152 valence electrons. The number of hydrogen-bond acceptors (Lipinski definition) is 7. The van der Waals surface area contributed by atoms with Crippen LogP contribution in [0.2, 0.25) is 0 Å². The second-order valence-corrected chi connectivity index (χ2v) is 10.0. The van der Waals surface area contributed by atoms with Gasteiger partial charge in [0.25, 0.3) is 0 Å². The van der Waals surface area contributed by atoms with Gasteiger partial charge in [-0.3, -0.25) is 9.69 Å². The highest BCUT2D eigenvalue weighted by atomic mass is 32.2. The molecule has 1 aliphatic heterocycles. The van der Waals surface area contributed by atoms with Crippen LogP contribution < -0.4 is 0 Å². The molecule has 0 unspecified atom stereocenters. The van der Waals surface area contributed by atoms with E-state index < -0.39 is 9.84 Å². The lowest BCUT2D eigenvalue weighted by molar-refractivity contribution is -0.137. The van der Waals surface area contributed by atoms with E-state index in [9.17, 15) is 13.2 Å². The number of sulfone groups is 1. The number of nitrogens with zero attached hydrogens (tertiary/aromatic N) is 4. The van der Waals surface area contributed by atoms with Crippen molar-refractivity contribution in [2.75, 3.05) is 25.1 Å². The van der Waals surface area contributed by atoms with Crippen LogP contribution in [-0.4, -0.2) is 71.4 Å². The first-order valence-electron chi connectivity index (χ1n) is 9.89. The maximum atomic E-state index is 13.1. The van der Waals surface area contributed by atoms with Gasteiger partial charge in [0.15, 0.2) is 15.7 Å². The van der Waals surface area contributed by atoms with Gasteiger partial charge >= 0.3 is 0 Å². The number of amides is 1. The summed E-state index contributed by atoms with van der Waals surface area (Å²) in [5.74, 6) is 1.44. The molecular formula is C18H30N4O4S. The van der Waals surface area contributed by atoms with E-state index in [0.29, 0.717) is 31.1 Å². The lowest BCUT2D eigenvalue weighted by Crippen LogP contribution is -2.51. The molecule has 1 aromatic rings. The summed E-state index contributed by atoms with van der Waals surface area (Å²) in [5, 5.41) is 3.88. The van der Waals surface area contributed by atoms with Crippen LogP contribution in [-0.2, 0) is 27.6 Å². The second-order valence-electron chi connectivity index (χ2n) is 7.78. The minimum atomic E-state index is -3.03. The van der Waals surface area contributed by atoms with Gasteiger partial charge in [0.05, 0.1) is 24.6 Å². The van der Waals surface area contributed by atoms with Crippen molar-refractivity contribution in [3.05, 3.63) is 11.7 Å². The normalized spacial score (nSPS) is 23.0. The first-order valence-corrected chi connectivity index (χ1v) is 11.7. The Bertz CT molecular complexity index is 742. The molecule has 0 aromatic carbocycles. The fourth-order valence-electron chi connectivity index (χ4n) is 4.16. The number of aryl methyl sites for hydroxylation is 1. The highest BCUT2D eigenvalue weighted by Gasteiger charge is 2.38. The van der Waals surface area contributed by atoms with Gasteiger partial charge in [-0.2, -0.15) is 4.98 Å². The first-order chi connectivity index (χ1) is 12.9. The Labute approximate surface area is 161 Å². The number of rotatable bonds is 7. The van der Waals surface area contributed by atoms with Crippen LogP contribution in [0.1, 0.15) is 57.2 Å². The Hall–Kier alpha value is -1.48. The minimum Gasteiger partial charge on any atom is -0.338 e. The van der Waals surface area contributed by atoms with Gasteiger partial charge in [-0.1, -0.05) is 31.3 Å². The number of carbonyl (C=O) groups is 1. The first kappa shape index (κ1) is 20.3. The second kappa shape index (κ2) is 8.68. The Morgan fingerprint density at radius 3 is 2.52 bits per heavy atom. The molecule has 9 heteroatoms. The molecule has 2 aliphatic rings. The molecule has 8 nitrogen and oxygen atoms in total. The van der Waals surface area contributed by atoms with Gasteiger partial charge < -0.3 is 9.42 Å². The summed E-state index contributed by atoms with van der Waals surface area (Å²) in [6.07, 6.45) is 6.59. The third-order valence-electron chi connectivity index (χ3n) is 5.49. The Morgan fingerprint density at radius 1 is 1.19 bits per heavy atom. The number of hydrogen-bond donors (Lipinski definition) is 0. The summed E-state index contributed by atoms with van der Waals surface area (Å²) in [5.41, 5.74) is 0. The summed E-state index contributed by atoms with van der Waals surface area (Å²) in [6.45, 7) is 2.58. The van der Waals surface area contributed by atoms with Crippen molar-refractivity contribution in [2.45, 2.75) is 70.5 Å². The topological polar surface area (TPSA) is 96.6 Å². The minimum absolute atomic E-state index is 0.00160. The molecular weight excluding hydrogens is 368 g/mol. The molecule has 3 rings (SSSR count).